The predicted molar refractivity (Wildman–Crippen MR) is 176 cm³/mol. The summed E-state index contributed by atoms with van der Waals surface area (Å²) in [5, 5.41) is 12.5. The number of nitrogens with one attached hydrogen (secondary N) is 1. The van der Waals surface area contributed by atoms with Crippen LogP contribution in [0.2, 0.25) is 0 Å². The summed E-state index contributed by atoms with van der Waals surface area (Å²) in [5.74, 6) is -0.454. The molecule has 0 unspecified atom stereocenters. The van der Waals surface area contributed by atoms with Crippen molar-refractivity contribution in [1.82, 2.24) is 20.1 Å². The molecular formula is C37H43F3N4O3. The summed E-state index contributed by atoms with van der Waals surface area (Å²) in [6, 6.07) is 26.7. The number of rotatable bonds is 17. The smallest absolute Gasteiger partial charge is 0.416 e. The second-order valence-corrected chi connectivity index (χ2v) is 11.7. The van der Waals surface area contributed by atoms with Gasteiger partial charge in [-0.3, -0.25) is 14.8 Å². The van der Waals surface area contributed by atoms with Crippen LogP contribution < -0.4 is 5.32 Å². The van der Waals surface area contributed by atoms with Crippen molar-refractivity contribution in [2.45, 2.75) is 52.2 Å². The molecule has 0 aliphatic carbocycles. The summed E-state index contributed by atoms with van der Waals surface area (Å²) >= 11 is 0. The lowest BCUT2D eigenvalue weighted by Gasteiger charge is -2.25. The molecule has 0 bridgehead atoms. The van der Waals surface area contributed by atoms with E-state index in [0.717, 1.165) is 49.2 Å². The van der Waals surface area contributed by atoms with E-state index in [1.807, 2.05) is 29.2 Å². The number of esters is 1. The molecule has 250 valence electrons. The molecule has 3 aromatic carbocycles. The zero-order valence-electron chi connectivity index (χ0n) is 27.0. The van der Waals surface area contributed by atoms with E-state index in [-0.39, 0.29) is 13.2 Å². The van der Waals surface area contributed by atoms with E-state index < -0.39 is 17.7 Å². The number of carbonyl (C=O) groups is 1. The Balaban J connectivity index is 1.55. The summed E-state index contributed by atoms with van der Waals surface area (Å²) in [6.45, 7) is 6.88. The highest BCUT2D eigenvalue weighted by atomic mass is 19.4. The van der Waals surface area contributed by atoms with Crippen LogP contribution in [0, 0.1) is 6.92 Å². The molecule has 0 aliphatic heterocycles. The van der Waals surface area contributed by atoms with Gasteiger partial charge in [-0.1, -0.05) is 66.2 Å². The third-order valence-corrected chi connectivity index (χ3v) is 7.66. The molecule has 0 atom stereocenters. The molecule has 1 aromatic heterocycles. The summed E-state index contributed by atoms with van der Waals surface area (Å²) < 4.78 is 45.4. The van der Waals surface area contributed by atoms with Gasteiger partial charge in [-0.05, 0) is 66.9 Å². The molecule has 4 rings (SSSR count). The number of alkyl halides is 3. The minimum Gasteiger partial charge on any atom is -0.465 e. The second-order valence-electron chi connectivity index (χ2n) is 11.7. The Kier molecular flexibility index (Phi) is 13.5. The maximum Gasteiger partial charge on any atom is 0.416 e. The van der Waals surface area contributed by atoms with Crippen molar-refractivity contribution < 1.29 is 27.8 Å². The lowest BCUT2D eigenvalue weighted by Crippen LogP contribution is -2.32. The quantitative estimate of drug-likeness (QED) is 0.102. The van der Waals surface area contributed by atoms with Gasteiger partial charge in [0.15, 0.2) is 0 Å². The second kappa shape index (κ2) is 17.7. The number of hydrogen-bond acceptors (Lipinski definition) is 7. The minimum atomic E-state index is -4.44. The number of halogens is 3. The number of pyridine rings is 1. The van der Waals surface area contributed by atoms with Gasteiger partial charge in [-0.2, -0.15) is 13.2 Å². The Morgan fingerprint density at radius 1 is 0.787 bits per heavy atom. The number of hydrogen-bond donors (Lipinski definition) is 2. The summed E-state index contributed by atoms with van der Waals surface area (Å²) in [4.78, 5) is 21.5. The van der Waals surface area contributed by atoms with Crippen molar-refractivity contribution in [1.29, 1.82) is 0 Å². The first-order valence-electron chi connectivity index (χ1n) is 15.7. The Hall–Kier alpha value is -4.09. The highest BCUT2D eigenvalue weighted by Gasteiger charge is 2.30. The maximum absolute atomic E-state index is 13.5. The maximum atomic E-state index is 13.5. The fraction of sp³-hybridized carbons (Fsp3) is 0.351. The molecule has 0 radical (unpaired) electrons. The van der Waals surface area contributed by atoms with Crippen molar-refractivity contribution in [3.05, 3.63) is 136 Å². The van der Waals surface area contributed by atoms with Gasteiger partial charge in [0.1, 0.15) is 0 Å². The summed E-state index contributed by atoms with van der Waals surface area (Å²) in [6.07, 6.45) is -3.74. The standard InChI is InChI=1S/C37H43F3N4O3/c1-28-8-3-9-29(20-28)23-43(18-17-41-16-7-19-45)26-34-14-6-15-35(42-34)27-44(24-30-10-4-12-32(21-30)36(46)47-2)25-31-11-5-13-33(22-31)37(38,39)40/h3-6,8-15,20-22,41,45H,7,16-19,23-27H2,1-2H3. The molecule has 0 amide bonds. The number of aryl methyl sites for hydroxylation is 1. The molecule has 4 aromatic rings. The number of aromatic nitrogens is 1. The number of aliphatic hydroxyl groups excluding tert-OH is 1. The van der Waals surface area contributed by atoms with Crippen molar-refractivity contribution in [2.24, 2.45) is 0 Å². The lowest BCUT2D eigenvalue weighted by atomic mass is 10.1. The van der Waals surface area contributed by atoms with Gasteiger partial charge in [0.2, 0.25) is 0 Å². The number of aliphatic hydroxyl groups is 1. The van der Waals surface area contributed by atoms with E-state index in [4.69, 9.17) is 14.8 Å². The first kappa shape index (κ1) is 35.8. The molecule has 0 aliphatic rings. The SMILES string of the molecule is COC(=O)c1cccc(CN(Cc2cccc(C(F)(F)F)c2)Cc2cccc(CN(CCNCCCO)Cc3cccc(C)c3)n2)c1. The van der Waals surface area contributed by atoms with Crippen LogP contribution >= 0.6 is 0 Å². The molecule has 47 heavy (non-hydrogen) atoms. The van der Waals surface area contributed by atoms with E-state index in [1.165, 1.54) is 30.4 Å². The van der Waals surface area contributed by atoms with Gasteiger partial charge in [0.05, 0.1) is 29.6 Å². The van der Waals surface area contributed by atoms with E-state index in [1.54, 1.807) is 24.3 Å². The Labute approximate surface area is 275 Å². The van der Waals surface area contributed by atoms with Crippen molar-refractivity contribution in [3.8, 4) is 0 Å². The summed E-state index contributed by atoms with van der Waals surface area (Å²) in [7, 11) is 1.32. The normalized spacial score (nSPS) is 11.7. The highest BCUT2D eigenvalue weighted by Crippen LogP contribution is 2.30. The third-order valence-electron chi connectivity index (χ3n) is 7.66. The fourth-order valence-corrected chi connectivity index (χ4v) is 5.46. The van der Waals surface area contributed by atoms with Crippen molar-refractivity contribution >= 4 is 5.97 Å². The molecule has 0 spiro atoms. The Morgan fingerprint density at radius 3 is 2.04 bits per heavy atom. The molecule has 0 fully saturated rings. The first-order valence-corrected chi connectivity index (χ1v) is 15.7. The lowest BCUT2D eigenvalue weighted by molar-refractivity contribution is -0.137. The van der Waals surface area contributed by atoms with Crippen LogP contribution in [-0.2, 0) is 43.6 Å². The van der Waals surface area contributed by atoms with E-state index in [0.29, 0.717) is 37.2 Å². The van der Waals surface area contributed by atoms with Gasteiger partial charge >= 0.3 is 12.1 Å². The van der Waals surface area contributed by atoms with Crippen LogP contribution in [-0.4, -0.2) is 59.2 Å². The molecule has 10 heteroatoms. The molecule has 2 N–H and O–H groups in total. The van der Waals surface area contributed by atoms with Gasteiger partial charge < -0.3 is 15.2 Å². The average molecular weight is 649 g/mol. The largest absolute Gasteiger partial charge is 0.465 e. The van der Waals surface area contributed by atoms with Crippen LogP contribution in [0.3, 0.4) is 0 Å². The predicted octanol–water partition coefficient (Wildman–Crippen LogP) is 6.37. The summed E-state index contributed by atoms with van der Waals surface area (Å²) in [5.41, 5.74) is 5.14. The van der Waals surface area contributed by atoms with Crippen molar-refractivity contribution in [3.63, 3.8) is 0 Å². The number of carbonyl (C=O) groups excluding carboxylic acids is 1. The Morgan fingerprint density at radius 2 is 1.38 bits per heavy atom. The van der Waals surface area contributed by atoms with Gasteiger partial charge in [-0.15, -0.1) is 0 Å². The van der Waals surface area contributed by atoms with E-state index >= 15 is 0 Å². The topological polar surface area (TPSA) is 77.9 Å². The number of benzene rings is 3. The minimum absolute atomic E-state index is 0.151. The van der Waals surface area contributed by atoms with Crippen LogP contribution in [0.1, 0.15) is 56.0 Å². The molecule has 0 saturated carbocycles. The monoisotopic (exact) mass is 648 g/mol. The molecule has 0 saturated heterocycles. The number of ether oxygens (including phenoxy) is 1. The zero-order valence-corrected chi connectivity index (χ0v) is 27.0. The van der Waals surface area contributed by atoms with E-state index in [9.17, 15) is 18.0 Å². The molecule has 1 heterocycles. The highest BCUT2D eigenvalue weighted by molar-refractivity contribution is 5.89. The zero-order chi connectivity index (χ0) is 33.6. The molecular weight excluding hydrogens is 605 g/mol. The van der Waals surface area contributed by atoms with Gasteiger partial charge in [0, 0.05) is 52.4 Å². The first-order chi connectivity index (χ1) is 22.6. The van der Waals surface area contributed by atoms with Gasteiger partial charge in [-0.25, -0.2) is 4.79 Å². The van der Waals surface area contributed by atoms with Crippen LogP contribution in [0.15, 0.2) is 91.0 Å². The van der Waals surface area contributed by atoms with Gasteiger partial charge in [0.25, 0.3) is 0 Å². The van der Waals surface area contributed by atoms with Crippen LogP contribution in [0.25, 0.3) is 0 Å². The van der Waals surface area contributed by atoms with Crippen molar-refractivity contribution in [2.75, 3.05) is 33.4 Å². The Bertz CT molecular complexity index is 1580. The van der Waals surface area contributed by atoms with Crippen LogP contribution in [0.5, 0.6) is 0 Å². The van der Waals surface area contributed by atoms with Crippen LogP contribution in [0.4, 0.5) is 13.2 Å². The number of methoxy groups -OCH3 is 1. The third kappa shape index (κ3) is 11.9. The average Bonchev–Trinajstić information content (AvgIpc) is 3.04. The fourth-order valence-electron chi connectivity index (χ4n) is 5.46. The molecule has 7 nitrogen and oxygen atoms in total. The number of nitrogens with zero attached hydrogens (tertiary/aromatic N) is 3. The van der Waals surface area contributed by atoms with E-state index in [2.05, 4.69) is 41.4 Å².